The van der Waals surface area contributed by atoms with Crippen LogP contribution in [0.2, 0.25) is 0 Å². The summed E-state index contributed by atoms with van der Waals surface area (Å²) in [7, 11) is 3.32. The predicted molar refractivity (Wildman–Crippen MR) is 104 cm³/mol. The van der Waals surface area contributed by atoms with E-state index < -0.39 is 5.60 Å². The maximum Gasteiger partial charge on any atom is 0.151 e. The van der Waals surface area contributed by atoms with Crippen LogP contribution in [0, 0.1) is 18.3 Å². The third-order valence-corrected chi connectivity index (χ3v) is 5.17. The summed E-state index contributed by atoms with van der Waals surface area (Å²) in [5, 5.41) is 10.2. The van der Waals surface area contributed by atoms with Crippen LogP contribution >= 0.6 is 0 Å². The number of ether oxygens (including phenoxy) is 2. The van der Waals surface area contributed by atoms with E-state index in [2.05, 4.69) is 16.0 Å². The van der Waals surface area contributed by atoms with E-state index in [-0.39, 0.29) is 0 Å². The Morgan fingerprint density at radius 3 is 2.70 bits per heavy atom. The van der Waals surface area contributed by atoms with Crippen molar-refractivity contribution in [1.82, 2.24) is 15.0 Å². The molecule has 27 heavy (non-hydrogen) atoms. The van der Waals surface area contributed by atoms with Crippen molar-refractivity contribution in [2.24, 2.45) is 0 Å². The summed E-state index contributed by atoms with van der Waals surface area (Å²) in [4.78, 5) is 11.4. The van der Waals surface area contributed by atoms with Crippen LogP contribution in [0.1, 0.15) is 29.4 Å². The molecule has 6 heteroatoms. The first-order valence-corrected chi connectivity index (χ1v) is 8.62. The lowest BCUT2D eigenvalue weighted by atomic mass is 9.89. The number of rotatable bonds is 4. The SMILES string of the molecule is COc1cc(C)c2[nH]ccc2c1C(C)(OC)c1nc2cc(C#N)ccc2[nH]1. The van der Waals surface area contributed by atoms with Gasteiger partial charge >= 0.3 is 0 Å². The van der Waals surface area contributed by atoms with Crippen LogP contribution in [0.15, 0.2) is 36.5 Å². The third-order valence-electron chi connectivity index (χ3n) is 5.17. The predicted octanol–water partition coefficient (Wildman–Crippen LogP) is 4.14. The lowest BCUT2D eigenvalue weighted by molar-refractivity contribution is 0.0316. The molecule has 4 rings (SSSR count). The first-order valence-electron chi connectivity index (χ1n) is 8.62. The van der Waals surface area contributed by atoms with Gasteiger partial charge in [0, 0.05) is 29.8 Å². The fourth-order valence-electron chi connectivity index (χ4n) is 3.65. The van der Waals surface area contributed by atoms with Crippen molar-refractivity contribution in [2.45, 2.75) is 19.4 Å². The molecule has 0 spiro atoms. The summed E-state index contributed by atoms with van der Waals surface area (Å²) in [6.07, 6.45) is 1.91. The zero-order valence-corrected chi connectivity index (χ0v) is 15.7. The molecule has 0 aliphatic carbocycles. The van der Waals surface area contributed by atoms with Crippen molar-refractivity contribution < 1.29 is 9.47 Å². The summed E-state index contributed by atoms with van der Waals surface area (Å²) in [5.41, 5.74) is 4.31. The van der Waals surface area contributed by atoms with Gasteiger partial charge in [0.2, 0.25) is 0 Å². The van der Waals surface area contributed by atoms with E-state index in [1.165, 1.54) is 0 Å². The monoisotopic (exact) mass is 360 g/mol. The fraction of sp³-hybridized carbons (Fsp3) is 0.238. The standard InChI is InChI=1S/C21H20N4O2/c1-12-9-17(26-3)18(14-7-8-23-19(12)14)21(2,27-4)20-24-15-6-5-13(11-22)10-16(15)25-20/h5-10,23H,1-4H3,(H,24,25). The van der Waals surface area contributed by atoms with Gasteiger partial charge in [-0.1, -0.05) is 0 Å². The molecule has 0 saturated heterocycles. The quantitative estimate of drug-likeness (QED) is 0.572. The number of nitriles is 1. The van der Waals surface area contributed by atoms with Gasteiger partial charge < -0.3 is 19.4 Å². The van der Waals surface area contributed by atoms with E-state index in [1.807, 2.05) is 38.2 Å². The summed E-state index contributed by atoms with van der Waals surface area (Å²) in [5.74, 6) is 1.39. The Balaban J connectivity index is 2.01. The number of aromatic amines is 2. The van der Waals surface area contributed by atoms with Crippen LogP contribution < -0.4 is 4.74 Å². The summed E-state index contributed by atoms with van der Waals surface area (Å²) >= 11 is 0. The van der Waals surface area contributed by atoms with Crippen molar-refractivity contribution >= 4 is 21.9 Å². The van der Waals surface area contributed by atoms with Gasteiger partial charge in [0.25, 0.3) is 0 Å². The lowest BCUT2D eigenvalue weighted by Crippen LogP contribution is -2.28. The van der Waals surface area contributed by atoms with Crippen molar-refractivity contribution in [3.8, 4) is 11.8 Å². The molecule has 2 N–H and O–H groups in total. The Bertz CT molecular complexity index is 1200. The normalized spacial score (nSPS) is 13.6. The van der Waals surface area contributed by atoms with Crippen LogP contribution in [0.4, 0.5) is 0 Å². The molecule has 0 aliphatic heterocycles. The van der Waals surface area contributed by atoms with Gasteiger partial charge in [0.1, 0.15) is 11.6 Å². The van der Waals surface area contributed by atoms with Crippen molar-refractivity contribution in [2.75, 3.05) is 14.2 Å². The Labute approximate surface area is 156 Å². The average Bonchev–Trinajstić information content (AvgIpc) is 3.33. The number of hydrogen-bond donors (Lipinski definition) is 2. The summed E-state index contributed by atoms with van der Waals surface area (Å²) < 4.78 is 11.7. The number of imidazole rings is 1. The van der Waals surface area contributed by atoms with Gasteiger partial charge in [0.05, 0.1) is 29.8 Å². The van der Waals surface area contributed by atoms with Crippen LogP contribution in [-0.4, -0.2) is 29.2 Å². The number of aromatic nitrogens is 3. The molecule has 0 fully saturated rings. The summed E-state index contributed by atoms with van der Waals surface area (Å²) in [6, 6.07) is 11.6. The second-order valence-electron chi connectivity index (χ2n) is 6.70. The minimum atomic E-state index is -0.870. The van der Waals surface area contributed by atoms with Gasteiger partial charge in [-0.2, -0.15) is 5.26 Å². The van der Waals surface area contributed by atoms with Crippen LogP contribution in [0.5, 0.6) is 5.75 Å². The molecule has 2 heterocycles. The van der Waals surface area contributed by atoms with Crippen molar-refractivity contribution in [3.63, 3.8) is 0 Å². The third kappa shape index (κ3) is 2.47. The van der Waals surface area contributed by atoms with E-state index in [4.69, 9.17) is 19.7 Å². The number of aryl methyl sites for hydroxylation is 1. The van der Waals surface area contributed by atoms with Crippen LogP contribution in [-0.2, 0) is 10.3 Å². The second-order valence-corrected chi connectivity index (χ2v) is 6.70. The second kappa shape index (κ2) is 6.15. The van der Waals surface area contributed by atoms with Crippen molar-refractivity contribution in [1.29, 1.82) is 5.26 Å². The van der Waals surface area contributed by atoms with Crippen LogP contribution in [0.25, 0.3) is 21.9 Å². The molecule has 1 atom stereocenters. The van der Waals surface area contributed by atoms with Crippen molar-refractivity contribution in [3.05, 3.63) is 59.0 Å². The highest BCUT2D eigenvalue weighted by molar-refractivity contribution is 5.89. The Hall–Kier alpha value is -3.30. The maximum atomic E-state index is 9.14. The van der Waals surface area contributed by atoms with E-state index >= 15 is 0 Å². The van der Waals surface area contributed by atoms with E-state index in [0.717, 1.165) is 38.8 Å². The fourth-order valence-corrected chi connectivity index (χ4v) is 3.65. The first kappa shape index (κ1) is 17.1. The lowest BCUT2D eigenvalue weighted by Gasteiger charge is -2.29. The topological polar surface area (TPSA) is 86.7 Å². The van der Waals surface area contributed by atoms with Gasteiger partial charge in [-0.15, -0.1) is 0 Å². The number of benzene rings is 2. The number of H-pyrrole nitrogens is 2. The maximum absolute atomic E-state index is 9.14. The number of nitrogens with zero attached hydrogens (tertiary/aromatic N) is 2. The molecule has 0 bridgehead atoms. The first-order chi connectivity index (χ1) is 13.0. The molecule has 2 aromatic carbocycles. The highest BCUT2D eigenvalue weighted by atomic mass is 16.5. The minimum Gasteiger partial charge on any atom is -0.496 e. The average molecular weight is 360 g/mol. The highest BCUT2D eigenvalue weighted by Crippen LogP contribution is 2.43. The zero-order chi connectivity index (χ0) is 19.2. The molecule has 0 amide bonds. The Morgan fingerprint density at radius 1 is 1.19 bits per heavy atom. The van der Waals surface area contributed by atoms with E-state index in [9.17, 15) is 0 Å². The number of nitrogens with one attached hydrogen (secondary N) is 2. The number of methoxy groups -OCH3 is 2. The van der Waals surface area contributed by atoms with Gasteiger partial charge in [0.15, 0.2) is 5.60 Å². The smallest absolute Gasteiger partial charge is 0.151 e. The van der Waals surface area contributed by atoms with Gasteiger partial charge in [-0.25, -0.2) is 4.98 Å². The molecule has 0 saturated carbocycles. The van der Waals surface area contributed by atoms with E-state index in [0.29, 0.717) is 11.4 Å². The highest BCUT2D eigenvalue weighted by Gasteiger charge is 2.37. The molecule has 136 valence electrons. The Morgan fingerprint density at radius 2 is 2.00 bits per heavy atom. The molecule has 1 unspecified atom stereocenters. The minimum absolute atomic E-state index is 0.570. The molecule has 6 nitrogen and oxygen atoms in total. The van der Waals surface area contributed by atoms with Gasteiger partial charge in [-0.3, -0.25) is 0 Å². The molecule has 0 radical (unpaired) electrons. The number of hydrogen-bond acceptors (Lipinski definition) is 4. The largest absolute Gasteiger partial charge is 0.496 e. The molecular weight excluding hydrogens is 340 g/mol. The molecule has 4 aromatic rings. The Kier molecular flexibility index (Phi) is 3.90. The van der Waals surface area contributed by atoms with Gasteiger partial charge in [-0.05, 0) is 49.7 Å². The molecular formula is C21H20N4O2. The summed E-state index contributed by atoms with van der Waals surface area (Å²) in [6.45, 7) is 4.01. The molecule has 2 aromatic heterocycles. The number of fused-ring (bicyclic) bond motifs is 2. The zero-order valence-electron chi connectivity index (χ0n) is 15.7. The molecule has 0 aliphatic rings. The van der Waals surface area contributed by atoms with Crippen LogP contribution in [0.3, 0.4) is 0 Å². The van der Waals surface area contributed by atoms with E-state index in [1.54, 1.807) is 26.4 Å².